The maximum Gasteiger partial charge on any atom is 0.325 e. The van der Waals surface area contributed by atoms with Gasteiger partial charge in [0.25, 0.3) is 0 Å². The molecule has 1 fully saturated rings. The maximum atomic E-state index is 11.7. The zero-order valence-corrected chi connectivity index (χ0v) is 12.1. The molecular formula is C14H18ClNO4. The van der Waals surface area contributed by atoms with Crippen molar-refractivity contribution in [1.82, 2.24) is 4.90 Å². The second-order valence-electron chi connectivity index (χ2n) is 4.50. The first-order valence-corrected chi connectivity index (χ1v) is 6.98. The summed E-state index contributed by atoms with van der Waals surface area (Å²) in [5.74, 6) is -0.342. The first-order chi connectivity index (χ1) is 9.63. The van der Waals surface area contributed by atoms with Gasteiger partial charge in [-0.3, -0.25) is 9.69 Å². The zero-order valence-electron chi connectivity index (χ0n) is 11.3. The molecule has 0 amide bonds. The van der Waals surface area contributed by atoms with Gasteiger partial charge in [0, 0.05) is 23.7 Å². The summed E-state index contributed by atoms with van der Waals surface area (Å²) >= 11 is 6.01. The minimum Gasteiger partial charge on any atom is -0.494 e. The van der Waals surface area contributed by atoms with Gasteiger partial charge in [-0.1, -0.05) is 11.6 Å². The largest absolute Gasteiger partial charge is 0.494 e. The smallest absolute Gasteiger partial charge is 0.325 e. The van der Waals surface area contributed by atoms with Crippen LogP contribution in [0.3, 0.4) is 0 Å². The van der Waals surface area contributed by atoms with Gasteiger partial charge in [0.2, 0.25) is 0 Å². The van der Waals surface area contributed by atoms with E-state index in [4.69, 9.17) is 21.1 Å². The standard InChI is InChI=1S/C14H18ClNO4/c1-2-20-12-4-3-10(15)9-11(12)13(14(17)18)16-5-7-19-8-6-16/h3-4,9,13H,2,5-8H2,1H3,(H,17,18). The first kappa shape index (κ1) is 15.1. The van der Waals surface area contributed by atoms with Gasteiger partial charge in [-0.15, -0.1) is 0 Å². The summed E-state index contributed by atoms with van der Waals surface area (Å²) < 4.78 is 10.8. The summed E-state index contributed by atoms with van der Waals surface area (Å²) in [5, 5.41) is 10.1. The van der Waals surface area contributed by atoms with Gasteiger partial charge >= 0.3 is 5.97 Å². The number of nitrogens with zero attached hydrogens (tertiary/aromatic N) is 1. The van der Waals surface area contributed by atoms with Gasteiger partial charge in [0.05, 0.1) is 19.8 Å². The number of morpholine rings is 1. The van der Waals surface area contributed by atoms with E-state index >= 15 is 0 Å². The number of hydrogen-bond acceptors (Lipinski definition) is 4. The minimum absolute atomic E-state index is 0.476. The van der Waals surface area contributed by atoms with Crippen LogP contribution in [0.2, 0.25) is 5.02 Å². The van der Waals surface area contributed by atoms with Crippen molar-refractivity contribution >= 4 is 17.6 Å². The second kappa shape index (κ2) is 6.92. The van der Waals surface area contributed by atoms with Crippen molar-refractivity contribution < 1.29 is 19.4 Å². The van der Waals surface area contributed by atoms with Crippen LogP contribution in [0.1, 0.15) is 18.5 Å². The highest BCUT2D eigenvalue weighted by Crippen LogP contribution is 2.32. The van der Waals surface area contributed by atoms with E-state index < -0.39 is 12.0 Å². The molecule has 0 aromatic heterocycles. The van der Waals surface area contributed by atoms with Gasteiger partial charge < -0.3 is 14.6 Å². The van der Waals surface area contributed by atoms with E-state index in [1.54, 1.807) is 18.2 Å². The summed E-state index contributed by atoms with van der Waals surface area (Å²) in [7, 11) is 0. The minimum atomic E-state index is -0.907. The van der Waals surface area contributed by atoms with Crippen LogP contribution >= 0.6 is 11.6 Å². The van der Waals surface area contributed by atoms with Crippen LogP contribution in [0.4, 0.5) is 0 Å². The molecule has 20 heavy (non-hydrogen) atoms. The van der Waals surface area contributed by atoms with E-state index in [0.29, 0.717) is 49.2 Å². The van der Waals surface area contributed by atoms with E-state index in [1.807, 2.05) is 11.8 Å². The third kappa shape index (κ3) is 3.42. The van der Waals surface area contributed by atoms with Crippen LogP contribution in [0.15, 0.2) is 18.2 Å². The molecule has 0 spiro atoms. The Kier molecular flexibility index (Phi) is 5.23. The number of carboxylic acid groups (broad SMARTS) is 1. The Balaban J connectivity index is 2.37. The molecule has 1 aromatic carbocycles. The lowest BCUT2D eigenvalue weighted by molar-refractivity contribution is -0.145. The Bertz CT molecular complexity index is 474. The fraction of sp³-hybridized carbons (Fsp3) is 0.500. The summed E-state index contributed by atoms with van der Waals surface area (Å²) in [6, 6.07) is 4.33. The number of benzene rings is 1. The highest BCUT2D eigenvalue weighted by molar-refractivity contribution is 6.30. The Hall–Kier alpha value is -1.30. The Morgan fingerprint density at radius 3 is 2.80 bits per heavy atom. The molecule has 6 heteroatoms. The highest BCUT2D eigenvalue weighted by atomic mass is 35.5. The fourth-order valence-corrected chi connectivity index (χ4v) is 2.52. The van der Waals surface area contributed by atoms with Gasteiger partial charge in [-0.2, -0.15) is 0 Å². The molecule has 1 aliphatic heterocycles. The summed E-state index contributed by atoms with van der Waals surface area (Å²) in [6.07, 6.45) is 0. The number of halogens is 1. The van der Waals surface area contributed by atoms with Crippen molar-refractivity contribution in [3.63, 3.8) is 0 Å². The molecule has 1 N–H and O–H groups in total. The van der Waals surface area contributed by atoms with Gasteiger partial charge in [-0.25, -0.2) is 0 Å². The van der Waals surface area contributed by atoms with Crippen LogP contribution in [0, 0.1) is 0 Å². The van der Waals surface area contributed by atoms with Crippen molar-refractivity contribution in [2.75, 3.05) is 32.9 Å². The van der Waals surface area contributed by atoms with Crippen molar-refractivity contribution in [1.29, 1.82) is 0 Å². The molecule has 0 bridgehead atoms. The third-order valence-corrected chi connectivity index (χ3v) is 3.45. The summed E-state index contributed by atoms with van der Waals surface area (Å²) in [4.78, 5) is 13.6. The molecule has 110 valence electrons. The lowest BCUT2D eigenvalue weighted by Gasteiger charge is -2.32. The summed E-state index contributed by atoms with van der Waals surface area (Å²) in [6.45, 7) is 4.57. The molecule has 5 nitrogen and oxygen atoms in total. The average Bonchev–Trinajstić information content (AvgIpc) is 2.43. The average molecular weight is 300 g/mol. The summed E-state index contributed by atoms with van der Waals surface area (Å²) in [5.41, 5.74) is 0.591. The SMILES string of the molecule is CCOc1ccc(Cl)cc1C(C(=O)O)N1CCOCC1. The van der Waals surface area contributed by atoms with Gasteiger partial charge in [-0.05, 0) is 25.1 Å². The molecule has 1 unspecified atom stereocenters. The third-order valence-electron chi connectivity index (χ3n) is 3.21. The molecule has 0 radical (unpaired) electrons. The lowest BCUT2D eigenvalue weighted by Crippen LogP contribution is -2.42. The maximum absolute atomic E-state index is 11.7. The molecular weight excluding hydrogens is 282 g/mol. The molecule has 1 aliphatic rings. The van der Waals surface area contributed by atoms with E-state index in [9.17, 15) is 9.90 Å². The van der Waals surface area contributed by atoms with Crippen LogP contribution < -0.4 is 4.74 Å². The number of rotatable bonds is 5. The predicted octanol–water partition coefficient (Wildman–Crippen LogP) is 2.20. The monoisotopic (exact) mass is 299 g/mol. The molecule has 1 saturated heterocycles. The molecule has 0 aliphatic carbocycles. The Morgan fingerprint density at radius 2 is 2.20 bits per heavy atom. The zero-order chi connectivity index (χ0) is 14.5. The predicted molar refractivity (Wildman–Crippen MR) is 75.4 cm³/mol. The van der Waals surface area contributed by atoms with Crippen molar-refractivity contribution in [3.8, 4) is 5.75 Å². The molecule has 1 aromatic rings. The Labute approximate surface area is 123 Å². The van der Waals surface area contributed by atoms with Crippen LogP contribution in [-0.2, 0) is 9.53 Å². The quantitative estimate of drug-likeness (QED) is 0.903. The van der Waals surface area contributed by atoms with Crippen molar-refractivity contribution in [3.05, 3.63) is 28.8 Å². The number of hydrogen-bond donors (Lipinski definition) is 1. The van der Waals surface area contributed by atoms with E-state index in [2.05, 4.69) is 0 Å². The van der Waals surface area contributed by atoms with Gasteiger partial charge in [0.1, 0.15) is 11.8 Å². The fourth-order valence-electron chi connectivity index (χ4n) is 2.34. The molecule has 0 saturated carbocycles. The Morgan fingerprint density at radius 1 is 1.50 bits per heavy atom. The second-order valence-corrected chi connectivity index (χ2v) is 4.94. The van der Waals surface area contributed by atoms with Crippen LogP contribution in [-0.4, -0.2) is 48.9 Å². The number of ether oxygens (including phenoxy) is 2. The first-order valence-electron chi connectivity index (χ1n) is 6.60. The lowest BCUT2D eigenvalue weighted by atomic mass is 10.0. The molecule has 1 atom stereocenters. The van der Waals surface area contributed by atoms with Crippen LogP contribution in [0.25, 0.3) is 0 Å². The topological polar surface area (TPSA) is 59.0 Å². The van der Waals surface area contributed by atoms with E-state index in [-0.39, 0.29) is 0 Å². The van der Waals surface area contributed by atoms with E-state index in [1.165, 1.54) is 0 Å². The van der Waals surface area contributed by atoms with Crippen molar-refractivity contribution in [2.45, 2.75) is 13.0 Å². The molecule has 2 rings (SSSR count). The van der Waals surface area contributed by atoms with Gasteiger partial charge in [0.15, 0.2) is 0 Å². The number of carbonyl (C=O) groups is 1. The highest BCUT2D eigenvalue weighted by Gasteiger charge is 2.31. The molecule has 1 heterocycles. The van der Waals surface area contributed by atoms with E-state index in [0.717, 1.165) is 0 Å². The van der Waals surface area contributed by atoms with Crippen molar-refractivity contribution in [2.24, 2.45) is 0 Å². The number of carboxylic acids is 1. The van der Waals surface area contributed by atoms with Crippen LogP contribution in [0.5, 0.6) is 5.75 Å². The number of aliphatic carboxylic acids is 1. The normalized spacial score (nSPS) is 17.7.